The number of nitrogens with one attached hydrogen (secondary N) is 3. The lowest BCUT2D eigenvalue weighted by molar-refractivity contribution is -0.139. The highest BCUT2D eigenvalue weighted by Crippen LogP contribution is 2.20. The number of urea groups is 1. The molecule has 11 heteroatoms. The largest absolute Gasteiger partial charge is 0.344 e. The molecule has 0 aromatic heterocycles. The minimum Gasteiger partial charge on any atom is -0.322 e. The number of benzene rings is 1. The predicted octanol–water partition coefficient (Wildman–Crippen LogP) is 0.737. The van der Waals surface area contributed by atoms with Crippen LogP contribution < -0.4 is 15.5 Å². The molecule has 0 bridgehead atoms. The van der Waals surface area contributed by atoms with Crippen molar-refractivity contribution in [3.63, 3.8) is 0 Å². The maximum absolute atomic E-state index is 12.5. The molecule has 3 N–H and O–H groups in total. The van der Waals surface area contributed by atoms with Crippen molar-refractivity contribution in [2.45, 2.75) is 50.5 Å². The first-order valence-corrected chi connectivity index (χ1v) is 12.3. The van der Waals surface area contributed by atoms with Crippen molar-refractivity contribution in [3.05, 3.63) is 29.8 Å². The third kappa shape index (κ3) is 5.45. The first-order valence-electron chi connectivity index (χ1n) is 10.8. The Balaban J connectivity index is 1.50. The third-order valence-electron chi connectivity index (χ3n) is 6.07. The normalized spacial score (nSPS) is 24.5. The Hall–Kier alpha value is -2.50. The number of piperidine rings is 1. The monoisotopic (exact) mass is 465 g/mol. The molecule has 2 aliphatic rings. The Morgan fingerprint density at radius 1 is 1.25 bits per heavy atom. The van der Waals surface area contributed by atoms with Crippen molar-refractivity contribution in [2.75, 3.05) is 26.2 Å². The molecular formula is C21H31N5O5S. The van der Waals surface area contributed by atoms with Crippen LogP contribution in [0, 0.1) is 12.8 Å². The summed E-state index contributed by atoms with van der Waals surface area (Å²) in [6.45, 7) is 6.80. The van der Waals surface area contributed by atoms with Crippen LogP contribution in [-0.4, -0.2) is 67.9 Å². The van der Waals surface area contributed by atoms with Gasteiger partial charge in [-0.3, -0.25) is 19.9 Å². The van der Waals surface area contributed by atoms with Gasteiger partial charge in [-0.1, -0.05) is 24.6 Å². The van der Waals surface area contributed by atoms with Gasteiger partial charge in [0.15, 0.2) is 0 Å². The van der Waals surface area contributed by atoms with Crippen molar-refractivity contribution in [2.24, 2.45) is 5.92 Å². The highest BCUT2D eigenvalue weighted by atomic mass is 32.2. The van der Waals surface area contributed by atoms with Crippen LogP contribution >= 0.6 is 0 Å². The molecule has 2 heterocycles. The van der Waals surface area contributed by atoms with Crippen LogP contribution in [0.25, 0.3) is 0 Å². The van der Waals surface area contributed by atoms with Crippen LogP contribution in [0.5, 0.6) is 0 Å². The zero-order valence-corrected chi connectivity index (χ0v) is 19.5. The summed E-state index contributed by atoms with van der Waals surface area (Å²) in [4.78, 5) is 39.1. The van der Waals surface area contributed by atoms with Gasteiger partial charge >= 0.3 is 6.03 Å². The van der Waals surface area contributed by atoms with Crippen LogP contribution in [0.1, 0.15) is 38.7 Å². The molecule has 32 heavy (non-hydrogen) atoms. The zero-order valence-electron chi connectivity index (χ0n) is 18.7. The summed E-state index contributed by atoms with van der Waals surface area (Å²) < 4.78 is 27.7. The van der Waals surface area contributed by atoms with Gasteiger partial charge in [-0.15, -0.1) is 0 Å². The Morgan fingerprint density at radius 2 is 1.94 bits per heavy atom. The Labute approximate surface area is 188 Å². The minimum absolute atomic E-state index is 0.0150. The highest BCUT2D eigenvalue weighted by Gasteiger charge is 2.47. The molecule has 3 rings (SSSR count). The number of carbonyl (C=O) groups is 3. The molecule has 0 aliphatic carbocycles. The summed E-state index contributed by atoms with van der Waals surface area (Å²) in [5.74, 6) is -0.896. The van der Waals surface area contributed by atoms with Gasteiger partial charge in [-0.2, -0.15) is 5.01 Å². The predicted molar refractivity (Wildman–Crippen MR) is 118 cm³/mol. The van der Waals surface area contributed by atoms with E-state index in [1.54, 1.807) is 38.1 Å². The van der Waals surface area contributed by atoms with Gasteiger partial charge in [0.25, 0.3) is 11.8 Å². The van der Waals surface area contributed by atoms with Gasteiger partial charge in [-0.25, -0.2) is 17.9 Å². The summed E-state index contributed by atoms with van der Waals surface area (Å²) in [6.07, 6.45) is 2.08. The molecule has 0 saturated carbocycles. The second-order valence-electron chi connectivity index (χ2n) is 8.70. The van der Waals surface area contributed by atoms with E-state index >= 15 is 0 Å². The van der Waals surface area contributed by atoms with E-state index in [0.717, 1.165) is 23.4 Å². The van der Waals surface area contributed by atoms with E-state index in [2.05, 4.69) is 15.5 Å². The number of hydrazine groups is 1. The van der Waals surface area contributed by atoms with Crippen LogP contribution in [0.2, 0.25) is 0 Å². The molecule has 2 aliphatic heterocycles. The molecule has 2 atom stereocenters. The maximum atomic E-state index is 12.5. The SMILES string of the molecule is CCC1(C)NC(=O)N(NC(=O)CN2CCCC(CNS(=O)(=O)c3ccc(C)cc3)C2)C1=O. The number of rotatable bonds is 8. The topological polar surface area (TPSA) is 128 Å². The van der Waals surface area contributed by atoms with E-state index < -0.39 is 33.4 Å². The summed E-state index contributed by atoms with van der Waals surface area (Å²) in [6, 6.07) is 6.02. The summed E-state index contributed by atoms with van der Waals surface area (Å²) in [7, 11) is -3.60. The number of amides is 4. The number of sulfonamides is 1. The van der Waals surface area contributed by atoms with Gasteiger partial charge in [0.05, 0.1) is 11.4 Å². The number of likely N-dealkylation sites (tertiary alicyclic amines) is 1. The van der Waals surface area contributed by atoms with Crippen LogP contribution in [0.15, 0.2) is 29.2 Å². The van der Waals surface area contributed by atoms with Crippen LogP contribution in [0.3, 0.4) is 0 Å². The van der Waals surface area contributed by atoms with E-state index in [0.29, 0.717) is 19.5 Å². The van der Waals surface area contributed by atoms with Gasteiger partial charge < -0.3 is 5.32 Å². The molecular weight excluding hydrogens is 434 g/mol. The Bertz CT molecular complexity index is 981. The standard InChI is InChI=1S/C21H31N5O5S/c1-4-21(3)19(28)26(20(29)23-21)24-18(27)14-25-11-5-6-16(13-25)12-22-32(30,31)17-9-7-15(2)8-10-17/h7-10,16,22H,4-6,11-14H2,1-3H3,(H,23,29)(H,24,27). The molecule has 0 spiro atoms. The van der Waals surface area contributed by atoms with E-state index in [9.17, 15) is 22.8 Å². The molecule has 176 valence electrons. The second-order valence-corrected chi connectivity index (χ2v) is 10.5. The minimum atomic E-state index is -3.60. The first-order chi connectivity index (χ1) is 15.0. The summed E-state index contributed by atoms with van der Waals surface area (Å²) in [5.41, 5.74) is 2.36. The fraction of sp³-hybridized carbons (Fsp3) is 0.571. The summed E-state index contributed by atoms with van der Waals surface area (Å²) in [5, 5.41) is 3.33. The first kappa shape index (κ1) is 24.1. The Kier molecular flexibility index (Phi) is 7.21. The Morgan fingerprint density at radius 3 is 2.56 bits per heavy atom. The van der Waals surface area contributed by atoms with Crippen molar-refractivity contribution >= 4 is 27.9 Å². The zero-order chi connectivity index (χ0) is 23.5. The van der Waals surface area contributed by atoms with Gasteiger partial charge in [0.1, 0.15) is 5.54 Å². The average molecular weight is 466 g/mol. The maximum Gasteiger partial charge on any atom is 0.344 e. The van der Waals surface area contributed by atoms with E-state index in [4.69, 9.17) is 0 Å². The lowest BCUT2D eigenvalue weighted by atomic mass is 9.98. The quantitative estimate of drug-likeness (QED) is 0.486. The highest BCUT2D eigenvalue weighted by molar-refractivity contribution is 7.89. The third-order valence-corrected chi connectivity index (χ3v) is 7.51. The van der Waals surface area contributed by atoms with Gasteiger partial charge in [-0.05, 0) is 57.7 Å². The smallest absolute Gasteiger partial charge is 0.322 e. The number of nitrogens with zero attached hydrogens (tertiary/aromatic N) is 2. The number of hydrogen-bond donors (Lipinski definition) is 3. The fourth-order valence-corrected chi connectivity index (χ4v) is 4.99. The number of aryl methyl sites for hydroxylation is 1. The van der Waals surface area contributed by atoms with Gasteiger partial charge in [0.2, 0.25) is 10.0 Å². The molecule has 2 fully saturated rings. The lowest BCUT2D eigenvalue weighted by Gasteiger charge is -2.32. The number of imide groups is 1. The average Bonchev–Trinajstić information content (AvgIpc) is 2.96. The van der Waals surface area contributed by atoms with Crippen molar-refractivity contribution < 1.29 is 22.8 Å². The van der Waals surface area contributed by atoms with Crippen molar-refractivity contribution in [1.82, 2.24) is 25.4 Å². The molecule has 1 aromatic carbocycles. The van der Waals surface area contributed by atoms with Gasteiger partial charge in [0, 0.05) is 13.1 Å². The molecule has 2 unspecified atom stereocenters. The lowest BCUT2D eigenvalue weighted by Crippen LogP contribution is -2.52. The van der Waals surface area contributed by atoms with Crippen molar-refractivity contribution in [1.29, 1.82) is 0 Å². The van der Waals surface area contributed by atoms with E-state index in [1.165, 1.54) is 0 Å². The number of hydrogen-bond acceptors (Lipinski definition) is 6. The second kappa shape index (κ2) is 9.55. The van der Waals surface area contributed by atoms with E-state index in [1.807, 2.05) is 11.8 Å². The van der Waals surface area contributed by atoms with Crippen LogP contribution in [0.4, 0.5) is 4.79 Å². The molecule has 4 amide bonds. The molecule has 1 aromatic rings. The van der Waals surface area contributed by atoms with Crippen LogP contribution in [-0.2, 0) is 19.6 Å². The molecule has 10 nitrogen and oxygen atoms in total. The molecule has 2 saturated heterocycles. The number of carbonyl (C=O) groups excluding carboxylic acids is 3. The fourth-order valence-electron chi connectivity index (χ4n) is 3.88. The van der Waals surface area contributed by atoms with E-state index in [-0.39, 0.29) is 23.9 Å². The molecule has 0 radical (unpaired) electrons. The summed E-state index contributed by atoms with van der Waals surface area (Å²) >= 11 is 0. The van der Waals surface area contributed by atoms with Crippen molar-refractivity contribution in [3.8, 4) is 0 Å².